The summed E-state index contributed by atoms with van der Waals surface area (Å²) in [6, 6.07) is 2.63. The number of nitrogens with one attached hydrogen (secondary N) is 2. The van der Waals surface area contributed by atoms with Crippen molar-refractivity contribution in [3.05, 3.63) is 46.2 Å². The van der Waals surface area contributed by atoms with E-state index in [9.17, 15) is 18.0 Å². The molecule has 7 nitrogen and oxygen atoms in total. The second-order valence-electron chi connectivity index (χ2n) is 4.46. The number of H-pyrrole nitrogens is 1. The number of aromatic nitrogens is 2. The molecular formula is C12H10F3N5O2. The first-order valence-electron chi connectivity index (χ1n) is 6.13. The van der Waals surface area contributed by atoms with Gasteiger partial charge in [0.15, 0.2) is 5.84 Å². The van der Waals surface area contributed by atoms with Crippen molar-refractivity contribution in [3.63, 3.8) is 0 Å². The topological polar surface area (TPSA) is 82.6 Å². The standard InChI is InChI=1S/C12H10F3N5O2/c1-22-9-5-2-6(7-3-4-8(21)18-17-7)10-16-11(12(13,14)15)19-20(9)10/h2-5,11,19H,1H3,(H,18,21). The second kappa shape index (κ2) is 4.98. The summed E-state index contributed by atoms with van der Waals surface area (Å²) in [6.45, 7) is 0. The number of allylic oxidation sites excluding steroid dienone is 2. The van der Waals surface area contributed by atoms with Crippen molar-refractivity contribution in [3.8, 4) is 0 Å². The van der Waals surface area contributed by atoms with Crippen molar-refractivity contribution in [2.75, 3.05) is 7.11 Å². The van der Waals surface area contributed by atoms with Crippen molar-refractivity contribution >= 4 is 11.4 Å². The van der Waals surface area contributed by atoms with Crippen LogP contribution in [-0.2, 0) is 4.74 Å². The van der Waals surface area contributed by atoms with E-state index in [1.165, 1.54) is 31.4 Å². The summed E-state index contributed by atoms with van der Waals surface area (Å²) in [6.07, 6.45) is -3.63. The Labute approximate surface area is 121 Å². The maximum Gasteiger partial charge on any atom is 0.425 e. The molecule has 0 aliphatic carbocycles. The number of hydrogen-bond donors (Lipinski definition) is 2. The lowest BCUT2D eigenvalue weighted by Crippen LogP contribution is -2.46. The first kappa shape index (κ1) is 14.3. The quantitative estimate of drug-likeness (QED) is 0.842. The van der Waals surface area contributed by atoms with E-state index in [0.29, 0.717) is 11.3 Å². The Morgan fingerprint density at radius 1 is 1.32 bits per heavy atom. The summed E-state index contributed by atoms with van der Waals surface area (Å²) in [5.74, 6) is 0.180. The first-order chi connectivity index (χ1) is 10.4. The number of aromatic amines is 1. The van der Waals surface area contributed by atoms with Crippen LogP contribution in [0, 0.1) is 0 Å². The molecule has 1 atom stereocenters. The molecule has 0 fully saturated rings. The second-order valence-corrected chi connectivity index (χ2v) is 4.46. The number of hydrogen-bond acceptors (Lipinski definition) is 6. The molecule has 2 aliphatic heterocycles. The molecule has 3 rings (SSSR count). The van der Waals surface area contributed by atoms with Gasteiger partial charge in [-0.05, 0) is 12.1 Å². The van der Waals surface area contributed by atoms with Crippen LogP contribution in [0.4, 0.5) is 13.2 Å². The van der Waals surface area contributed by atoms with Gasteiger partial charge in [0.1, 0.15) is 0 Å². The molecule has 0 aromatic carbocycles. The van der Waals surface area contributed by atoms with Crippen molar-refractivity contribution in [1.82, 2.24) is 20.6 Å². The number of aliphatic imine (C=N–C) groups is 1. The molecule has 22 heavy (non-hydrogen) atoms. The van der Waals surface area contributed by atoms with E-state index in [2.05, 4.69) is 20.6 Å². The number of halogens is 3. The smallest absolute Gasteiger partial charge is 0.425 e. The SMILES string of the molecule is COC1=CC=C(c2ccc(=O)[nH]n2)C2=NC(C(F)(F)F)NN12. The Bertz CT molecular complexity index is 729. The number of amidine groups is 1. The van der Waals surface area contributed by atoms with Gasteiger partial charge in [0.05, 0.1) is 12.8 Å². The van der Waals surface area contributed by atoms with E-state index in [-0.39, 0.29) is 11.7 Å². The monoisotopic (exact) mass is 313 g/mol. The number of nitrogens with zero attached hydrogens (tertiary/aromatic N) is 3. The van der Waals surface area contributed by atoms with Gasteiger partial charge < -0.3 is 4.74 Å². The Hall–Kier alpha value is -2.62. The van der Waals surface area contributed by atoms with E-state index in [0.717, 1.165) is 5.01 Å². The molecule has 2 N–H and O–H groups in total. The van der Waals surface area contributed by atoms with Gasteiger partial charge in [0, 0.05) is 17.7 Å². The van der Waals surface area contributed by atoms with Gasteiger partial charge in [-0.1, -0.05) is 0 Å². The molecule has 0 amide bonds. The molecule has 2 aliphatic rings. The fourth-order valence-electron chi connectivity index (χ4n) is 2.05. The van der Waals surface area contributed by atoms with E-state index >= 15 is 0 Å². The third kappa shape index (κ3) is 2.37. The number of alkyl halides is 3. The van der Waals surface area contributed by atoms with Crippen LogP contribution in [0.3, 0.4) is 0 Å². The van der Waals surface area contributed by atoms with E-state index in [1.807, 2.05) is 0 Å². The molecule has 3 heterocycles. The normalized spacial score (nSPS) is 21.0. The predicted octanol–water partition coefficient (Wildman–Crippen LogP) is 0.762. The van der Waals surface area contributed by atoms with Crippen LogP contribution in [0.25, 0.3) is 5.57 Å². The van der Waals surface area contributed by atoms with Gasteiger partial charge in [0.2, 0.25) is 12.0 Å². The van der Waals surface area contributed by atoms with Crippen molar-refractivity contribution in [1.29, 1.82) is 0 Å². The van der Waals surface area contributed by atoms with E-state index in [1.54, 1.807) is 0 Å². The minimum atomic E-state index is -4.55. The molecule has 0 saturated heterocycles. The maximum atomic E-state index is 12.9. The third-order valence-electron chi connectivity index (χ3n) is 3.04. The molecule has 0 saturated carbocycles. The zero-order valence-electron chi connectivity index (χ0n) is 11.2. The van der Waals surface area contributed by atoms with Crippen LogP contribution in [0.1, 0.15) is 5.69 Å². The van der Waals surface area contributed by atoms with Crippen LogP contribution in [0.15, 0.2) is 40.0 Å². The Kier molecular flexibility index (Phi) is 3.24. The zero-order chi connectivity index (χ0) is 15.9. The van der Waals surface area contributed by atoms with Crippen LogP contribution >= 0.6 is 0 Å². The van der Waals surface area contributed by atoms with E-state index in [4.69, 9.17) is 4.74 Å². The average molecular weight is 313 g/mol. The van der Waals surface area contributed by atoms with Crippen molar-refractivity contribution in [2.24, 2.45) is 4.99 Å². The lowest BCUT2D eigenvalue weighted by molar-refractivity contribution is -0.157. The number of rotatable bonds is 2. The van der Waals surface area contributed by atoms with Gasteiger partial charge >= 0.3 is 6.18 Å². The third-order valence-corrected chi connectivity index (χ3v) is 3.04. The molecule has 0 bridgehead atoms. The highest BCUT2D eigenvalue weighted by Crippen LogP contribution is 2.31. The van der Waals surface area contributed by atoms with Gasteiger partial charge in [-0.2, -0.15) is 23.7 Å². The van der Waals surface area contributed by atoms with Crippen LogP contribution in [-0.4, -0.2) is 40.5 Å². The Balaban J connectivity index is 2.06. The van der Waals surface area contributed by atoms with Crippen LogP contribution in [0.5, 0.6) is 0 Å². The summed E-state index contributed by atoms with van der Waals surface area (Å²) in [4.78, 5) is 14.7. The summed E-state index contributed by atoms with van der Waals surface area (Å²) in [5, 5.41) is 7.13. The fourth-order valence-corrected chi connectivity index (χ4v) is 2.05. The number of hydrazine groups is 1. The lowest BCUT2D eigenvalue weighted by atomic mass is 10.1. The predicted molar refractivity (Wildman–Crippen MR) is 70.2 cm³/mol. The molecule has 1 aromatic rings. The number of fused-ring (bicyclic) bond motifs is 1. The minimum Gasteiger partial charge on any atom is -0.481 e. The maximum absolute atomic E-state index is 12.9. The van der Waals surface area contributed by atoms with Gasteiger partial charge in [-0.25, -0.2) is 15.1 Å². The fraction of sp³-hybridized carbons (Fsp3) is 0.250. The van der Waals surface area contributed by atoms with E-state index < -0.39 is 17.9 Å². The van der Waals surface area contributed by atoms with Gasteiger partial charge in [-0.15, -0.1) is 0 Å². The first-order valence-corrected chi connectivity index (χ1v) is 6.13. The molecule has 0 radical (unpaired) electrons. The van der Waals surface area contributed by atoms with Crippen molar-refractivity contribution < 1.29 is 17.9 Å². The Morgan fingerprint density at radius 2 is 2.09 bits per heavy atom. The van der Waals surface area contributed by atoms with Gasteiger partial charge in [0.25, 0.3) is 5.56 Å². The molecule has 1 aromatic heterocycles. The molecule has 116 valence electrons. The summed E-state index contributed by atoms with van der Waals surface area (Å²) in [5.41, 5.74) is 2.42. The average Bonchev–Trinajstić information content (AvgIpc) is 2.92. The highest BCUT2D eigenvalue weighted by Gasteiger charge is 2.47. The molecule has 1 unspecified atom stereocenters. The molecular weight excluding hydrogens is 303 g/mol. The number of ether oxygens (including phenoxy) is 1. The van der Waals surface area contributed by atoms with Crippen LogP contribution < -0.4 is 11.0 Å². The largest absolute Gasteiger partial charge is 0.481 e. The summed E-state index contributed by atoms with van der Waals surface area (Å²) < 4.78 is 43.6. The van der Waals surface area contributed by atoms with Crippen molar-refractivity contribution in [2.45, 2.75) is 12.3 Å². The minimum absolute atomic E-state index is 0.0150. The molecule has 0 spiro atoms. The zero-order valence-corrected chi connectivity index (χ0v) is 11.2. The lowest BCUT2D eigenvalue weighted by Gasteiger charge is -2.26. The van der Waals surface area contributed by atoms with Gasteiger partial charge in [-0.3, -0.25) is 4.79 Å². The molecule has 10 heteroatoms. The summed E-state index contributed by atoms with van der Waals surface area (Å²) in [7, 11) is 1.34. The van der Waals surface area contributed by atoms with Crippen LogP contribution in [0.2, 0.25) is 0 Å². The summed E-state index contributed by atoms with van der Waals surface area (Å²) >= 11 is 0. The number of methoxy groups -OCH3 is 1. The Morgan fingerprint density at radius 3 is 2.68 bits per heavy atom. The highest BCUT2D eigenvalue weighted by atomic mass is 19.4. The highest BCUT2D eigenvalue weighted by molar-refractivity contribution is 6.24.